The molecule has 0 aromatic rings. The second-order valence-electron chi connectivity index (χ2n) is 4.66. The molecule has 1 saturated carbocycles. The summed E-state index contributed by atoms with van der Waals surface area (Å²) >= 11 is 3.41. The second-order valence-corrected chi connectivity index (χ2v) is 5.78. The highest BCUT2D eigenvalue weighted by Gasteiger charge is 2.37. The number of hydrogen-bond donors (Lipinski definition) is 0. The summed E-state index contributed by atoms with van der Waals surface area (Å²) in [4.78, 5) is 14.2. The fourth-order valence-electron chi connectivity index (χ4n) is 2.97. The fourth-order valence-corrected chi connectivity index (χ4v) is 3.30. The van der Waals surface area contributed by atoms with E-state index in [-0.39, 0.29) is 0 Å². The summed E-state index contributed by atoms with van der Waals surface area (Å²) in [5, 5.41) is 0. The highest BCUT2D eigenvalue weighted by molar-refractivity contribution is 9.11. The number of ketones is 1. The molecule has 0 aromatic carbocycles. The Morgan fingerprint density at radius 2 is 2.27 bits per heavy atom. The normalized spacial score (nSPS) is 32.5. The van der Waals surface area contributed by atoms with Gasteiger partial charge in [-0.1, -0.05) is 22.5 Å². The summed E-state index contributed by atoms with van der Waals surface area (Å²) < 4.78 is 1.03. The molecule has 1 saturated heterocycles. The minimum absolute atomic E-state index is 0.319. The van der Waals surface area contributed by atoms with E-state index >= 15 is 0 Å². The van der Waals surface area contributed by atoms with Crippen molar-refractivity contribution in [1.29, 1.82) is 0 Å². The monoisotopic (exact) mass is 271 g/mol. The molecule has 15 heavy (non-hydrogen) atoms. The van der Waals surface area contributed by atoms with Crippen molar-refractivity contribution in [3.8, 4) is 0 Å². The lowest BCUT2D eigenvalue weighted by atomic mass is 9.95. The number of halogens is 1. The molecule has 0 spiro atoms. The third-order valence-electron chi connectivity index (χ3n) is 3.61. The summed E-state index contributed by atoms with van der Waals surface area (Å²) in [6.45, 7) is 5.91. The highest BCUT2D eigenvalue weighted by atomic mass is 79.9. The van der Waals surface area contributed by atoms with E-state index in [1.165, 1.54) is 12.8 Å². The minimum atomic E-state index is 0.319. The van der Waals surface area contributed by atoms with Gasteiger partial charge in [0.1, 0.15) is 5.78 Å². The average Bonchev–Trinajstić information content (AvgIpc) is 2.73. The zero-order chi connectivity index (χ0) is 10.8. The molecule has 2 atom stereocenters. The standard InChI is InChI=1S/C12H18BrNO/c1-9(13)8-14-7-3-5-11(14)10-4-2-6-12(10)15/h10-11H,1-8H2. The molecule has 0 aromatic heterocycles. The summed E-state index contributed by atoms with van der Waals surface area (Å²) in [6.07, 6.45) is 5.44. The highest BCUT2D eigenvalue weighted by Crippen LogP contribution is 2.33. The van der Waals surface area contributed by atoms with Gasteiger partial charge >= 0.3 is 0 Å². The van der Waals surface area contributed by atoms with E-state index in [1.54, 1.807) is 0 Å². The van der Waals surface area contributed by atoms with Crippen molar-refractivity contribution in [2.24, 2.45) is 5.92 Å². The number of Topliss-reactive ketones (excluding diaryl/α,β-unsaturated/α-hetero) is 1. The minimum Gasteiger partial charge on any atom is -0.299 e. The van der Waals surface area contributed by atoms with E-state index in [2.05, 4.69) is 27.4 Å². The van der Waals surface area contributed by atoms with Gasteiger partial charge in [-0.05, 0) is 32.2 Å². The summed E-state index contributed by atoms with van der Waals surface area (Å²) in [7, 11) is 0. The predicted molar refractivity (Wildman–Crippen MR) is 65.0 cm³/mol. The molecular formula is C12H18BrNO. The van der Waals surface area contributed by atoms with Crippen LogP contribution in [-0.2, 0) is 4.79 Å². The van der Waals surface area contributed by atoms with Gasteiger partial charge in [-0.3, -0.25) is 9.69 Å². The first kappa shape index (κ1) is 11.3. The van der Waals surface area contributed by atoms with Crippen LogP contribution in [0.5, 0.6) is 0 Å². The Labute approximate surface area is 99.8 Å². The van der Waals surface area contributed by atoms with Crippen LogP contribution in [0.25, 0.3) is 0 Å². The Balaban J connectivity index is 2.00. The van der Waals surface area contributed by atoms with Gasteiger partial charge in [-0.25, -0.2) is 0 Å². The van der Waals surface area contributed by atoms with Crippen LogP contribution in [0.3, 0.4) is 0 Å². The topological polar surface area (TPSA) is 20.3 Å². The first-order valence-corrected chi connectivity index (χ1v) is 6.58. The van der Waals surface area contributed by atoms with E-state index in [0.717, 1.165) is 36.8 Å². The lowest BCUT2D eigenvalue weighted by Crippen LogP contribution is -2.38. The Bertz CT molecular complexity index is 277. The molecule has 2 unspecified atom stereocenters. The molecule has 1 heterocycles. The largest absolute Gasteiger partial charge is 0.299 e. The molecule has 2 nitrogen and oxygen atoms in total. The zero-order valence-corrected chi connectivity index (χ0v) is 10.6. The molecule has 1 aliphatic carbocycles. The Kier molecular flexibility index (Phi) is 3.62. The lowest BCUT2D eigenvalue weighted by Gasteiger charge is -2.28. The molecule has 0 radical (unpaired) electrons. The van der Waals surface area contributed by atoms with Gasteiger partial charge in [-0.2, -0.15) is 0 Å². The molecule has 0 amide bonds. The van der Waals surface area contributed by atoms with E-state index < -0.39 is 0 Å². The Hall–Kier alpha value is -0.150. The first-order chi connectivity index (χ1) is 7.18. The van der Waals surface area contributed by atoms with Crippen LogP contribution in [0, 0.1) is 5.92 Å². The summed E-state index contributed by atoms with van der Waals surface area (Å²) in [5.41, 5.74) is 0. The lowest BCUT2D eigenvalue weighted by molar-refractivity contribution is -0.122. The summed E-state index contributed by atoms with van der Waals surface area (Å²) in [5.74, 6) is 0.812. The van der Waals surface area contributed by atoms with E-state index in [0.29, 0.717) is 17.7 Å². The van der Waals surface area contributed by atoms with E-state index in [9.17, 15) is 4.79 Å². The van der Waals surface area contributed by atoms with Gasteiger partial charge in [-0.15, -0.1) is 0 Å². The molecule has 2 aliphatic rings. The number of carbonyl (C=O) groups is 1. The smallest absolute Gasteiger partial charge is 0.137 e. The molecule has 2 fully saturated rings. The molecule has 2 rings (SSSR count). The third kappa shape index (κ3) is 2.51. The number of nitrogens with zero attached hydrogens (tertiary/aromatic N) is 1. The van der Waals surface area contributed by atoms with Crippen LogP contribution < -0.4 is 0 Å². The Morgan fingerprint density at radius 3 is 2.87 bits per heavy atom. The van der Waals surface area contributed by atoms with Crippen LogP contribution in [0.1, 0.15) is 32.1 Å². The third-order valence-corrected chi connectivity index (χ3v) is 3.86. The zero-order valence-electron chi connectivity index (χ0n) is 9.04. The van der Waals surface area contributed by atoms with Crippen LogP contribution in [0.15, 0.2) is 11.1 Å². The molecule has 3 heteroatoms. The van der Waals surface area contributed by atoms with Gasteiger partial charge in [0.05, 0.1) is 0 Å². The number of likely N-dealkylation sites (tertiary alicyclic amines) is 1. The van der Waals surface area contributed by atoms with Gasteiger partial charge in [0.25, 0.3) is 0 Å². The predicted octanol–water partition coefficient (Wildman–Crippen LogP) is 2.73. The number of rotatable bonds is 3. The fraction of sp³-hybridized carbons (Fsp3) is 0.750. The van der Waals surface area contributed by atoms with Gasteiger partial charge in [0.15, 0.2) is 0 Å². The first-order valence-electron chi connectivity index (χ1n) is 5.78. The van der Waals surface area contributed by atoms with E-state index in [4.69, 9.17) is 0 Å². The van der Waals surface area contributed by atoms with Crippen LogP contribution >= 0.6 is 15.9 Å². The van der Waals surface area contributed by atoms with Gasteiger partial charge in [0, 0.05) is 29.4 Å². The molecule has 0 N–H and O–H groups in total. The van der Waals surface area contributed by atoms with E-state index in [1.807, 2.05) is 0 Å². The van der Waals surface area contributed by atoms with Crippen molar-refractivity contribution in [3.05, 3.63) is 11.1 Å². The number of carbonyl (C=O) groups excluding carboxylic acids is 1. The van der Waals surface area contributed by atoms with Crippen molar-refractivity contribution >= 4 is 21.7 Å². The maximum Gasteiger partial charge on any atom is 0.137 e. The van der Waals surface area contributed by atoms with Crippen molar-refractivity contribution < 1.29 is 4.79 Å². The van der Waals surface area contributed by atoms with Crippen molar-refractivity contribution in [2.75, 3.05) is 13.1 Å². The maximum absolute atomic E-state index is 11.7. The van der Waals surface area contributed by atoms with Crippen molar-refractivity contribution in [3.63, 3.8) is 0 Å². The molecular weight excluding hydrogens is 254 g/mol. The van der Waals surface area contributed by atoms with Gasteiger partial charge < -0.3 is 0 Å². The quantitative estimate of drug-likeness (QED) is 0.787. The van der Waals surface area contributed by atoms with Crippen molar-refractivity contribution in [2.45, 2.75) is 38.1 Å². The van der Waals surface area contributed by atoms with Crippen LogP contribution in [-0.4, -0.2) is 29.8 Å². The Morgan fingerprint density at radius 1 is 1.47 bits per heavy atom. The second kappa shape index (κ2) is 4.79. The van der Waals surface area contributed by atoms with Crippen LogP contribution in [0.4, 0.5) is 0 Å². The van der Waals surface area contributed by atoms with Gasteiger partial charge in [0.2, 0.25) is 0 Å². The summed E-state index contributed by atoms with van der Waals surface area (Å²) in [6, 6.07) is 0.495. The maximum atomic E-state index is 11.7. The van der Waals surface area contributed by atoms with Crippen molar-refractivity contribution in [1.82, 2.24) is 4.90 Å². The SMILES string of the molecule is C=C(Br)CN1CCCC1C1CCCC1=O. The average molecular weight is 272 g/mol. The molecule has 0 bridgehead atoms. The molecule has 84 valence electrons. The van der Waals surface area contributed by atoms with Crippen LogP contribution in [0.2, 0.25) is 0 Å². The molecule has 1 aliphatic heterocycles. The number of hydrogen-bond acceptors (Lipinski definition) is 2.